The monoisotopic (exact) mass is 335 g/mol. The SMILES string of the molecule is Fc1cc(F)c(-c2cnc3ccc(Cl)cn23)nc1NC1CNC1. The molecule has 0 aromatic carbocycles. The topological polar surface area (TPSA) is 54.2 Å². The lowest BCUT2D eigenvalue weighted by Gasteiger charge is -2.28. The number of nitrogens with one attached hydrogen (secondary N) is 2. The molecule has 0 saturated carbocycles. The van der Waals surface area contributed by atoms with E-state index in [1.807, 2.05) is 0 Å². The van der Waals surface area contributed by atoms with Crippen LogP contribution in [0.2, 0.25) is 5.02 Å². The van der Waals surface area contributed by atoms with Crippen LogP contribution in [0, 0.1) is 11.6 Å². The minimum Gasteiger partial charge on any atom is -0.362 e. The van der Waals surface area contributed by atoms with E-state index in [0.717, 1.165) is 19.2 Å². The van der Waals surface area contributed by atoms with Crippen LogP contribution in [0.5, 0.6) is 0 Å². The third-order valence-corrected chi connectivity index (χ3v) is 3.99. The van der Waals surface area contributed by atoms with Crippen molar-refractivity contribution in [2.75, 3.05) is 18.4 Å². The average molecular weight is 336 g/mol. The molecule has 5 nitrogen and oxygen atoms in total. The number of halogens is 3. The van der Waals surface area contributed by atoms with Crippen molar-refractivity contribution in [1.82, 2.24) is 19.7 Å². The zero-order valence-electron chi connectivity index (χ0n) is 11.9. The van der Waals surface area contributed by atoms with E-state index < -0.39 is 11.6 Å². The predicted molar refractivity (Wildman–Crippen MR) is 83.6 cm³/mol. The smallest absolute Gasteiger partial charge is 0.168 e. The van der Waals surface area contributed by atoms with Crippen LogP contribution in [0.1, 0.15) is 0 Å². The zero-order chi connectivity index (χ0) is 16.0. The number of nitrogens with zero attached hydrogens (tertiary/aromatic N) is 3. The Hall–Kier alpha value is -2.25. The Morgan fingerprint density at radius 3 is 2.83 bits per heavy atom. The first-order chi connectivity index (χ1) is 11.1. The number of rotatable bonds is 3. The van der Waals surface area contributed by atoms with Gasteiger partial charge in [0.15, 0.2) is 17.5 Å². The van der Waals surface area contributed by atoms with Gasteiger partial charge >= 0.3 is 0 Å². The predicted octanol–water partition coefficient (Wildman–Crippen LogP) is 2.71. The molecule has 0 aliphatic carbocycles. The third kappa shape index (κ3) is 2.51. The van der Waals surface area contributed by atoms with Crippen LogP contribution in [0.3, 0.4) is 0 Å². The molecule has 0 unspecified atom stereocenters. The Morgan fingerprint density at radius 1 is 1.26 bits per heavy atom. The van der Waals surface area contributed by atoms with Gasteiger partial charge in [-0.05, 0) is 12.1 Å². The first-order valence-electron chi connectivity index (χ1n) is 7.08. The molecule has 3 aromatic rings. The lowest BCUT2D eigenvalue weighted by atomic mass is 10.2. The Balaban J connectivity index is 1.82. The molecule has 0 atom stereocenters. The van der Waals surface area contributed by atoms with E-state index in [1.54, 1.807) is 22.7 Å². The van der Waals surface area contributed by atoms with Gasteiger partial charge in [-0.15, -0.1) is 0 Å². The highest BCUT2D eigenvalue weighted by molar-refractivity contribution is 6.30. The lowest BCUT2D eigenvalue weighted by Crippen LogP contribution is -2.51. The number of hydrogen-bond donors (Lipinski definition) is 2. The fraction of sp³-hybridized carbons (Fsp3) is 0.200. The number of hydrogen-bond acceptors (Lipinski definition) is 4. The van der Waals surface area contributed by atoms with Crippen LogP contribution >= 0.6 is 11.6 Å². The van der Waals surface area contributed by atoms with E-state index in [-0.39, 0.29) is 17.6 Å². The van der Waals surface area contributed by atoms with E-state index >= 15 is 0 Å². The summed E-state index contributed by atoms with van der Waals surface area (Å²) in [6, 6.07) is 4.33. The maximum atomic E-state index is 14.2. The van der Waals surface area contributed by atoms with Crippen molar-refractivity contribution in [2.45, 2.75) is 6.04 Å². The zero-order valence-corrected chi connectivity index (χ0v) is 12.6. The molecule has 1 aliphatic heterocycles. The summed E-state index contributed by atoms with van der Waals surface area (Å²) >= 11 is 5.98. The molecule has 0 spiro atoms. The van der Waals surface area contributed by atoms with E-state index in [1.165, 1.54) is 6.20 Å². The summed E-state index contributed by atoms with van der Waals surface area (Å²) < 4.78 is 29.8. The molecule has 0 radical (unpaired) electrons. The maximum Gasteiger partial charge on any atom is 0.168 e. The highest BCUT2D eigenvalue weighted by Gasteiger charge is 2.21. The molecule has 4 rings (SSSR count). The molecule has 0 amide bonds. The molecule has 8 heteroatoms. The fourth-order valence-corrected chi connectivity index (χ4v) is 2.62. The molecule has 4 heterocycles. The summed E-state index contributed by atoms with van der Waals surface area (Å²) in [5, 5.41) is 6.52. The van der Waals surface area contributed by atoms with Gasteiger partial charge in [-0.1, -0.05) is 11.6 Å². The molecule has 1 fully saturated rings. The summed E-state index contributed by atoms with van der Waals surface area (Å²) in [5.41, 5.74) is 1.04. The Kier molecular flexibility index (Phi) is 3.39. The lowest BCUT2D eigenvalue weighted by molar-refractivity contribution is 0.467. The molecule has 23 heavy (non-hydrogen) atoms. The van der Waals surface area contributed by atoms with Crippen LogP contribution in [0.25, 0.3) is 17.0 Å². The summed E-state index contributed by atoms with van der Waals surface area (Å²) in [5.74, 6) is -1.43. The van der Waals surface area contributed by atoms with Gasteiger partial charge < -0.3 is 10.6 Å². The van der Waals surface area contributed by atoms with Gasteiger partial charge in [0.2, 0.25) is 0 Å². The highest BCUT2D eigenvalue weighted by Crippen LogP contribution is 2.27. The molecule has 2 N–H and O–H groups in total. The van der Waals surface area contributed by atoms with Gasteiger partial charge in [0.25, 0.3) is 0 Å². The fourth-order valence-electron chi connectivity index (χ4n) is 2.46. The van der Waals surface area contributed by atoms with E-state index in [0.29, 0.717) is 16.4 Å². The number of anilines is 1. The number of pyridine rings is 2. The highest BCUT2D eigenvalue weighted by atomic mass is 35.5. The molecule has 1 aliphatic rings. The summed E-state index contributed by atoms with van der Waals surface area (Å²) in [6.45, 7) is 1.44. The molecular weight excluding hydrogens is 324 g/mol. The second-order valence-electron chi connectivity index (χ2n) is 5.37. The van der Waals surface area contributed by atoms with Gasteiger partial charge in [0.1, 0.15) is 11.3 Å². The molecule has 1 saturated heterocycles. The van der Waals surface area contributed by atoms with Crippen molar-refractivity contribution in [3.8, 4) is 11.4 Å². The van der Waals surface area contributed by atoms with E-state index in [4.69, 9.17) is 11.6 Å². The van der Waals surface area contributed by atoms with Crippen molar-refractivity contribution in [2.24, 2.45) is 0 Å². The van der Waals surface area contributed by atoms with Gasteiger partial charge in [0, 0.05) is 25.4 Å². The number of imidazole rings is 1. The first kappa shape index (κ1) is 14.3. The van der Waals surface area contributed by atoms with Crippen LogP contribution in [0.15, 0.2) is 30.6 Å². The summed E-state index contributed by atoms with van der Waals surface area (Å²) in [7, 11) is 0. The summed E-state index contributed by atoms with van der Waals surface area (Å²) in [4.78, 5) is 8.31. The minimum absolute atomic E-state index is 0.0240. The van der Waals surface area contributed by atoms with E-state index in [9.17, 15) is 8.78 Å². The Labute approximate surface area is 135 Å². The molecule has 118 valence electrons. The third-order valence-electron chi connectivity index (χ3n) is 3.76. The van der Waals surface area contributed by atoms with Crippen LogP contribution in [-0.2, 0) is 0 Å². The molecular formula is C15H12ClF2N5. The first-order valence-corrected chi connectivity index (χ1v) is 7.46. The average Bonchev–Trinajstić information content (AvgIpc) is 2.87. The Morgan fingerprint density at radius 2 is 2.09 bits per heavy atom. The van der Waals surface area contributed by atoms with Gasteiger partial charge in [-0.25, -0.2) is 18.7 Å². The largest absolute Gasteiger partial charge is 0.362 e. The Bertz CT molecular complexity index is 891. The standard InChI is InChI=1S/C15H12ClF2N5/c16-8-1-2-13-20-6-12(23(13)7-8)14-10(17)3-11(18)15(22-14)21-9-4-19-5-9/h1-3,6-7,9,19H,4-5H2,(H,21,22). The van der Waals surface area contributed by atoms with Crippen LogP contribution in [-0.4, -0.2) is 33.5 Å². The van der Waals surface area contributed by atoms with Crippen molar-refractivity contribution in [3.63, 3.8) is 0 Å². The van der Waals surface area contributed by atoms with Crippen molar-refractivity contribution >= 4 is 23.1 Å². The van der Waals surface area contributed by atoms with Crippen molar-refractivity contribution < 1.29 is 8.78 Å². The van der Waals surface area contributed by atoms with E-state index in [2.05, 4.69) is 20.6 Å². The van der Waals surface area contributed by atoms with Gasteiger partial charge in [-0.3, -0.25) is 4.40 Å². The molecule has 0 bridgehead atoms. The van der Waals surface area contributed by atoms with Gasteiger partial charge in [0.05, 0.1) is 23.0 Å². The van der Waals surface area contributed by atoms with Crippen molar-refractivity contribution in [3.05, 3.63) is 47.2 Å². The number of fused-ring (bicyclic) bond motifs is 1. The minimum atomic E-state index is -0.749. The maximum absolute atomic E-state index is 14.2. The quantitative estimate of drug-likeness (QED) is 0.773. The number of aromatic nitrogens is 3. The summed E-state index contributed by atoms with van der Waals surface area (Å²) in [6.07, 6.45) is 3.11. The van der Waals surface area contributed by atoms with Gasteiger partial charge in [-0.2, -0.15) is 0 Å². The second kappa shape index (κ2) is 5.43. The molecule has 3 aromatic heterocycles. The van der Waals surface area contributed by atoms with Crippen LogP contribution in [0.4, 0.5) is 14.6 Å². The normalized spacial score (nSPS) is 14.9. The second-order valence-corrected chi connectivity index (χ2v) is 5.80. The van der Waals surface area contributed by atoms with Crippen LogP contribution < -0.4 is 10.6 Å². The van der Waals surface area contributed by atoms with Crippen molar-refractivity contribution in [1.29, 1.82) is 0 Å².